The van der Waals surface area contributed by atoms with Crippen molar-refractivity contribution < 1.29 is 26.4 Å². The minimum absolute atomic E-state index is 0.00661. The van der Waals surface area contributed by atoms with Gasteiger partial charge in [0.1, 0.15) is 22.7 Å². The van der Waals surface area contributed by atoms with Gasteiger partial charge in [0.15, 0.2) is 0 Å². The molecule has 312 valence electrons. The Balaban J connectivity index is 0.000000231. The maximum atomic E-state index is 13.3. The van der Waals surface area contributed by atoms with E-state index < -0.39 is 25.8 Å². The van der Waals surface area contributed by atoms with Gasteiger partial charge in [-0.3, -0.25) is 9.52 Å². The minimum atomic E-state index is -4.08. The van der Waals surface area contributed by atoms with Gasteiger partial charge in [-0.2, -0.15) is 0 Å². The van der Waals surface area contributed by atoms with Crippen LogP contribution < -0.4 is 9.03 Å². The Morgan fingerprint density at radius 3 is 1.98 bits per heavy atom. The van der Waals surface area contributed by atoms with Crippen LogP contribution in [-0.4, -0.2) is 56.4 Å². The largest absolute Gasteiger partial charge is 0.363 e. The number of fused-ring (bicyclic) bond motifs is 1. The highest BCUT2D eigenvalue weighted by Gasteiger charge is 2.30. The van der Waals surface area contributed by atoms with Crippen molar-refractivity contribution in [3.63, 3.8) is 0 Å². The molecular weight excluding hydrogens is 946 g/mol. The molecule has 59 heavy (non-hydrogen) atoms. The first-order valence-electron chi connectivity index (χ1n) is 17.5. The number of pyridine rings is 3. The van der Waals surface area contributed by atoms with Gasteiger partial charge >= 0.3 is 0 Å². The van der Waals surface area contributed by atoms with Crippen LogP contribution in [0.15, 0.2) is 99.8 Å². The highest BCUT2D eigenvalue weighted by atomic mass is 79.9. The summed E-state index contributed by atoms with van der Waals surface area (Å²) in [6.07, 6.45) is 5.88. The Labute approximate surface area is 371 Å². The molecule has 0 fully saturated rings. The Morgan fingerprint density at radius 2 is 1.37 bits per heavy atom. The van der Waals surface area contributed by atoms with Crippen LogP contribution in [0.3, 0.4) is 0 Å². The second-order valence-electron chi connectivity index (χ2n) is 15.1. The zero-order chi connectivity index (χ0) is 43.7. The molecule has 12 nitrogen and oxygen atoms in total. The number of ether oxygens (including phenoxy) is 1. The first-order chi connectivity index (χ1) is 27.4. The number of hydrogen-bond donors (Lipinski definition) is 2. The lowest BCUT2D eigenvalue weighted by Gasteiger charge is -2.26. The molecule has 4 heterocycles. The van der Waals surface area contributed by atoms with Crippen LogP contribution >= 0.6 is 62.3 Å². The molecule has 0 aliphatic heterocycles. The number of anilines is 2. The zero-order valence-corrected chi connectivity index (χ0v) is 39.0. The van der Waals surface area contributed by atoms with Crippen LogP contribution in [0.1, 0.15) is 68.7 Å². The molecule has 0 amide bonds. The second-order valence-corrected chi connectivity index (χ2v) is 21.1. The number of aromatic nitrogens is 4. The lowest BCUT2D eigenvalue weighted by atomic mass is 9.87. The fourth-order valence-electron chi connectivity index (χ4n) is 5.77. The van der Waals surface area contributed by atoms with E-state index in [1.165, 1.54) is 56.0 Å². The summed E-state index contributed by atoms with van der Waals surface area (Å²) in [6, 6.07) is 15.3. The third kappa shape index (κ3) is 10.6. The monoisotopic (exact) mass is 982 g/mol. The molecule has 0 saturated heterocycles. The molecule has 4 aromatic heterocycles. The van der Waals surface area contributed by atoms with Crippen molar-refractivity contribution >= 4 is 111 Å². The van der Waals surface area contributed by atoms with Crippen molar-refractivity contribution in [3.8, 4) is 0 Å². The number of methoxy groups -OCH3 is 1. The third-order valence-corrected chi connectivity index (χ3v) is 13.5. The molecule has 0 radical (unpaired) electrons. The minimum Gasteiger partial charge on any atom is -0.363 e. The number of sulfonamides is 2. The average molecular weight is 986 g/mol. The van der Waals surface area contributed by atoms with Crippen molar-refractivity contribution in [3.05, 3.63) is 133 Å². The summed E-state index contributed by atoms with van der Waals surface area (Å²) in [5, 5.41) is 2.07. The van der Waals surface area contributed by atoms with Gasteiger partial charge in [0, 0.05) is 52.9 Å². The van der Waals surface area contributed by atoms with Crippen molar-refractivity contribution in [2.75, 3.05) is 22.9 Å². The highest BCUT2D eigenvalue weighted by Crippen LogP contribution is 2.36. The average Bonchev–Trinajstić information content (AvgIpc) is 3.63. The lowest BCUT2D eigenvalue weighted by molar-refractivity contribution is 0.103. The Bertz CT molecular complexity index is 2770. The number of H-pyrrole nitrogens is 1. The van der Waals surface area contributed by atoms with Crippen molar-refractivity contribution in [2.45, 2.75) is 62.2 Å². The summed E-state index contributed by atoms with van der Waals surface area (Å²) in [5.74, 6) is -0.470. The number of ketones is 1. The maximum absolute atomic E-state index is 13.3. The number of benzene rings is 2. The molecule has 19 heteroatoms. The van der Waals surface area contributed by atoms with E-state index in [-0.39, 0.29) is 49.4 Å². The van der Waals surface area contributed by atoms with Crippen LogP contribution in [0.2, 0.25) is 20.1 Å². The van der Waals surface area contributed by atoms with E-state index in [4.69, 9.17) is 51.1 Å². The van der Waals surface area contributed by atoms with E-state index in [9.17, 15) is 21.6 Å². The molecule has 0 unspecified atom stereocenters. The molecule has 6 rings (SSSR count). The molecule has 0 atom stereocenters. The number of carbonyl (C=O) groups excluding carboxylic acids is 1. The molecule has 2 N–H and O–H groups in total. The van der Waals surface area contributed by atoms with Crippen molar-refractivity contribution in [1.29, 1.82) is 0 Å². The summed E-state index contributed by atoms with van der Waals surface area (Å²) >= 11 is 27.9. The van der Waals surface area contributed by atoms with E-state index in [1.807, 2.05) is 41.5 Å². The number of nitrogens with zero attached hydrogens (tertiary/aromatic N) is 4. The molecule has 0 aliphatic rings. The number of nitrogens with one attached hydrogen (secondary N) is 2. The SMILES string of the molecule is CC(C)(C)c1cc(S(=O)(=O)Nc2cc(Cl)cnc2C(=O)c2ccnc3[nH]ccc23)ccc1Cl.COCN(c1cc(Cl)cnc1Br)S(=O)(=O)c1ccc(Cl)c(C(C)(C)C)c1. The number of aromatic amines is 1. The van der Waals surface area contributed by atoms with Crippen LogP contribution in [0.5, 0.6) is 0 Å². The zero-order valence-electron chi connectivity index (χ0n) is 32.7. The van der Waals surface area contributed by atoms with Gasteiger partial charge < -0.3 is 9.72 Å². The van der Waals surface area contributed by atoms with Crippen LogP contribution in [-0.2, 0) is 35.6 Å². The quantitative estimate of drug-likeness (QED) is 0.0772. The predicted molar refractivity (Wildman–Crippen MR) is 238 cm³/mol. The standard InChI is InChI=1S/C23H20Cl2N4O3S.C17H19BrCl2N2O3S/c1-23(2,3)17-11-14(4-5-18(17)25)33(31,32)29-19-10-13(24)12-28-20(19)21(30)15-6-8-26-22-16(15)7-9-27-22;1-17(2,3)13-8-12(5-6-14(13)20)26(23,24)22(10-25-4)15-7-11(19)9-21-16(15)18/h4-12,29H,1-3H3,(H,26,27);5-9H,10H2,1-4H3. The van der Waals surface area contributed by atoms with E-state index in [2.05, 4.69) is 40.6 Å². The Kier molecular flexibility index (Phi) is 14.2. The summed E-state index contributed by atoms with van der Waals surface area (Å²) in [7, 11) is -6.60. The summed E-state index contributed by atoms with van der Waals surface area (Å²) in [5.41, 5.74) is 1.77. The topological polar surface area (TPSA) is 164 Å². The summed E-state index contributed by atoms with van der Waals surface area (Å²) in [4.78, 5) is 28.8. The van der Waals surface area contributed by atoms with Gasteiger partial charge in [0.05, 0.1) is 31.2 Å². The molecular formula is C40H39BrCl4N6O6S2. The number of carbonyl (C=O) groups is 1. The fourth-order valence-corrected chi connectivity index (χ4v) is 9.92. The van der Waals surface area contributed by atoms with Crippen molar-refractivity contribution in [1.82, 2.24) is 19.9 Å². The normalized spacial score (nSPS) is 12.2. The number of halogens is 5. The maximum Gasteiger partial charge on any atom is 0.266 e. The molecule has 0 spiro atoms. The lowest BCUT2D eigenvalue weighted by Crippen LogP contribution is -2.33. The smallest absolute Gasteiger partial charge is 0.266 e. The van der Waals surface area contributed by atoms with Gasteiger partial charge in [-0.05, 0) is 98.6 Å². The fraction of sp³-hybridized carbons (Fsp3) is 0.250. The van der Waals surface area contributed by atoms with Gasteiger partial charge in [-0.25, -0.2) is 36.1 Å². The van der Waals surface area contributed by atoms with E-state index >= 15 is 0 Å². The molecule has 0 aliphatic carbocycles. The van der Waals surface area contributed by atoms with Crippen molar-refractivity contribution in [2.24, 2.45) is 0 Å². The highest BCUT2D eigenvalue weighted by molar-refractivity contribution is 9.10. The van der Waals surface area contributed by atoms with Crippen LogP contribution in [0.25, 0.3) is 11.0 Å². The molecule has 2 aromatic carbocycles. The number of rotatable bonds is 10. The molecule has 0 bridgehead atoms. The number of hydrogen-bond acceptors (Lipinski definition) is 9. The van der Waals surface area contributed by atoms with Gasteiger partial charge in [-0.1, -0.05) is 87.9 Å². The predicted octanol–water partition coefficient (Wildman–Crippen LogP) is 10.8. The second kappa shape index (κ2) is 18.0. The van der Waals surface area contributed by atoms with Crippen LogP contribution in [0, 0.1) is 0 Å². The third-order valence-electron chi connectivity index (χ3n) is 8.71. The first-order valence-corrected chi connectivity index (χ1v) is 22.8. The van der Waals surface area contributed by atoms with Gasteiger partial charge in [0.25, 0.3) is 20.0 Å². The Morgan fingerprint density at radius 1 is 0.797 bits per heavy atom. The summed E-state index contributed by atoms with van der Waals surface area (Å²) < 4.78 is 62.1. The van der Waals surface area contributed by atoms with E-state index in [0.29, 0.717) is 41.8 Å². The molecule has 6 aromatic rings. The van der Waals surface area contributed by atoms with E-state index in [0.717, 1.165) is 9.87 Å². The molecule has 0 saturated carbocycles. The van der Waals surface area contributed by atoms with Gasteiger partial charge in [0.2, 0.25) is 5.78 Å². The van der Waals surface area contributed by atoms with Crippen LogP contribution in [0.4, 0.5) is 11.4 Å². The van der Waals surface area contributed by atoms with E-state index in [1.54, 1.807) is 36.5 Å². The summed E-state index contributed by atoms with van der Waals surface area (Å²) in [6.45, 7) is 11.5. The Hall–Kier alpha value is -3.80. The first kappa shape index (κ1) is 46.3. The van der Waals surface area contributed by atoms with Gasteiger partial charge in [-0.15, -0.1) is 0 Å².